The van der Waals surface area contributed by atoms with Gasteiger partial charge < -0.3 is 19.7 Å². The normalized spacial score (nSPS) is 14.4. The van der Waals surface area contributed by atoms with Gasteiger partial charge in [-0.3, -0.25) is 9.59 Å². The van der Waals surface area contributed by atoms with E-state index in [4.69, 9.17) is 9.47 Å². The molecule has 0 bridgehead atoms. The highest BCUT2D eigenvalue weighted by molar-refractivity contribution is 5.87. The quantitative estimate of drug-likeness (QED) is 0.446. The SMILES string of the molecule is CC[C@@H](C(=O)NC1CCCC1)N(Cc1ccccc1C)C(=O)CCCOc1ccc(OC)cc1. The molecule has 2 amide bonds. The molecule has 6 heteroatoms. The Morgan fingerprint density at radius 2 is 1.74 bits per heavy atom. The fourth-order valence-corrected chi connectivity index (χ4v) is 4.49. The fourth-order valence-electron chi connectivity index (χ4n) is 4.49. The summed E-state index contributed by atoms with van der Waals surface area (Å²) >= 11 is 0. The minimum absolute atomic E-state index is 0.0185. The van der Waals surface area contributed by atoms with E-state index in [0.29, 0.717) is 32.4 Å². The summed E-state index contributed by atoms with van der Waals surface area (Å²) in [6.07, 6.45) is 5.85. The van der Waals surface area contributed by atoms with Gasteiger partial charge >= 0.3 is 0 Å². The zero-order valence-electron chi connectivity index (χ0n) is 20.7. The molecule has 0 aromatic heterocycles. The van der Waals surface area contributed by atoms with Crippen molar-refractivity contribution in [3.63, 3.8) is 0 Å². The van der Waals surface area contributed by atoms with E-state index >= 15 is 0 Å². The van der Waals surface area contributed by atoms with Gasteiger partial charge in [-0.15, -0.1) is 0 Å². The van der Waals surface area contributed by atoms with E-state index < -0.39 is 6.04 Å². The van der Waals surface area contributed by atoms with Crippen molar-refractivity contribution in [1.82, 2.24) is 10.2 Å². The summed E-state index contributed by atoms with van der Waals surface area (Å²) in [7, 11) is 1.63. The molecule has 34 heavy (non-hydrogen) atoms. The number of nitrogens with zero attached hydrogens (tertiary/aromatic N) is 1. The first-order valence-corrected chi connectivity index (χ1v) is 12.4. The average molecular weight is 467 g/mol. The summed E-state index contributed by atoms with van der Waals surface area (Å²) in [5, 5.41) is 3.20. The lowest BCUT2D eigenvalue weighted by Gasteiger charge is -2.32. The molecule has 1 aliphatic rings. The molecule has 1 aliphatic carbocycles. The Labute approximate surface area is 203 Å². The summed E-state index contributed by atoms with van der Waals surface area (Å²) in [5.74, 6) is 1.46. The maximum Gasteiger partial charge on any atom is 0.243 e. The van der Waals surface area contributed by atoms with Crippen molar-refractivity contribution < 1.29 is 19.1 Å². The molecule has 6 nitrogen and oxygen atoms in total. The van der Waals surface area contributed by atoms with Gasteiger partial charge in [0.1, 0.15) is 17.5 Å². The van der Waals surface area contributed by atoms with Gasteiger partial charge in [-0.1, -0.05) is 44.0 Å². The Hall–Kier alpha value is -3.02. The molecule has 2 aromatic carbocycles. The number of hydrogen-bond acceptors (Lipinski definition) is 4. The van der Waals surface area contributed by atoms with Crippen LogP contribution < -0.4 is 14.8 Å². The number of rotatable bonds is 12. The summed E-state index contributed by atoms with van der Waals surface area (Å²) in [6.45, 7) is 4.88. The van der Waals surface area contributed by atoms with Crippen molar-refractivity contribution in [2.75, 3.05) is 13.7 Å². The number of ether oxygens (including phenoxy) is 2. The number of aryl methyl sites for hydroxylation is 1. The lowest BCUT2D eigenvalue weighted by atomic mass is 10.0. The average Bonchev–Trinajstić information content (AvgIpc) is 3.36. The monoisotopic (exact) mass is 466 g/mol. The number of carbonyl (C=O) groups excluding carboxylic acids is 2. The summed E-state index contributed by atoms with van der Waals surface area (Å²) in [5.41, 5.74) is 2.19. The number of nitrogens with one attached hydrogen (secondary N) is 1. The van der Waals surface area contributed by atoms with Gasteiger partial charge in [0, 0.05) is 19.0 Å². The molecule has 0 heterocycles. The Morgan fingerprint density at radius 1 is 1.06 bits per heavy atom. The first-order chi connectivity index (χ1) is 16.5. The van der Waals surface area contributed by atoms with E-state index in [2.05, 4.69) is 5.32 Å². The van der Waals surface area contributed by atoms with Crippen LogP contribution in [0.4, 0.5) is 0 Å². The van der Waals surface area contributed by atoms with Crippen LogP contribution in [0.1, 0.15) is 63.0 Å². The van der Waals surface area contributed by atoms with Crippen LogP contribution in [0.15, 0.2) is 48.5 Å². The molecule has 0 radical (unpaired) electrons. The molecule has 0 aliphatic heterocycles. The third kappa shape index (κ3) is 7.24. The van der Waals surface area contributed by atoms with Crippen LogP contribution in [-0.4, -0.2) is 42.5 Å². The standard InChI is InChI=1S/C28H38N2O4/c1-4-26(28(32)29-23-12-7-8-13-23)30(20-22-11-6-5-10-21(22)2)27(31)14-9-19-34-25-17-15-24(33-3)16-18-25/h5-6,10-11,15-18,23,26H,4,7-9,12-14,19-20H2,1-3H3,(H,29,32)/t26-/m0/s1. The number of benzene rings is 2. The van der Waals surface area contributed by atoms with Crippen LogP contribution in [-0.2, 0) is 16.1 Å². The molecular weight excluding hydrogens is 428 g/mol. The minimum atomic E-state index is -0.477. The maximum absolute atomic E-state index is 13.4. The van der Waals surface area contributed by atoms with Crippen LogP contribution in [0.2, 0.25) is 0 Å². The predicted molar refractivity (Wildman–Crippen MR) is 134 cm³/mol. The van der Waals surface area contributed by atoms with Gasteiger partial charge in [0.2, 0.25) is 11.8 Å². The van der Waals surface area contributed by atoms with Crippen molar-refractivity contribution >= 4 is 11.8 Å². The highest BCUT2D eigenvalue weighted by Gasteiger charge is 2.30. The first kappa shape index (κ1) is 25.6. The second kappa shape index (κ2) is 13.0. The Balaban J connectivity index is 1.63. The van der Waals surface area contributed by atoms with Crippen LogP contribution in [0.25, 0.3) is 0 Å². The van der Waals surface area contributed by atoms with Gasteiger partial charge in [0.05, 0.1) is 13.7 Å². The van der Waals surface area contributed by atoms with Crippen LogP contribution in [0.5, 0.6) is 11.5 Å². The molecule has 1 saturated carbocycles. The first-order valence-electron chi connectivity index (χ1n) is 12.4. The molecule has 0 unspecified atom stereocenters. The molecule has 0 saturated heterocycles. The molecular formula is C28H38N2O4. The van der Waals surface area contributed by atoms with Crippen molar-refractivity contribution in [3.05, 3.63) is 59.7 Å². The second-order valence-corrected chi connectivity index (χ2v) is 8.99. The topological polar surface area (TPSA) is 67.9 Å². The molecule has 1 atom stereocenters. The van der Waals surface area contributed by atoms with Gasteiger partial charge in [-0.25, -0.2) is 0 Å². The van der Waals surface area contributed by atoms with E-state index in [-0.39, 0.29) is 17.9 Å². The summed E-state index contributed by atoms with van der Waals surface area (Å²) in [4.78, 5) is 28.3. The Bertz CT molecular complexity index is 922. The zero-order valence-corrected chi connectivity index (χ0v) is 20.7. The molecule has 3 rings (SSSR count). The maximum atomic E-state index is 13.4. The number of amides is 2. The zero-order chi connectivity index (χ0) is 24.3. The predicted octanol–water partition coefficient (Wildman–Crippen LogP) is 5.03. The molecule has 1 fully saturated rings. The van der Waals surface area contributed by atoms with Crippen molar-refractivity contribution in [2.45, 2.75) is 77.4 Å². The minimum Gasteiger partial charge on any atom is -0.497 e. The van der Waals surface area contributed by atoms with Gasteiger partial charge in [-0.05, 0) is 68.0 Å². The highest BCUT2D eigenvalue weighted by Crippen LogP contribution is 2.21. The van der Waals surface area contributed by atoms with Crippen molar-refractivity contribution in [3.8, 4) is 11.5 Å². The van der Waals surface area contributed by atoms with Crippen LogP contribution >= 0.6 is 0 Å². The summed E-state index contributed by atoms with van der Waals surface area (Å²) in [6, 6.07) is 15.2. The number of hydrogen-bond donors (Lipinski definition) is 1. The fraction of sp³-hybridized carbons (Fsp3) is 0.500. The number of carbonyl (C=O) groups is 2. The third-order valence-corrected chi connectivity index (χ3v) is 6.55. The van der Waals surface area contributed by atoms with E-state index in [1.165, 1.54) is 0 Å². The molecule has 2 aromatic rings. The highest BCUT2D eigenvalue weighted by atomic mass is 16.5. The smallest absolute Gasteiger partial charge is 0.243 e. The molecule has 184 valence electrons. The lowest BCUT2D eigenvalue weighted by molar-refractivity contribution is -0.141. The van der Waals surface area contributed by atoms with E-state index in [9.17, 15) is 9.59 Å². The van der Waals surface area contributed by atoms with Gasteiger partial charge in [-0.2, -0.15) is 0 Å². The van der Waals surface area contributed by atoms with E-state index in [0.717, 1.165) is 48.3 Å². The van der Waals surface area contributed by atoms with Crippen LogP contribution in [0, 0.1) is 6.92 Å². The van der Waals surface area contributed by atoms with E-state index in [1.807, 2.05) is 62.4 Å². The van der Waals surface area contributed by atoms with Gasteiger partial charge in [0.15, 0.2) is 0 Å². The molecule has 0 spiro atoms. The lowest BCUT2D eigenvalue weighted by Crippen LogP contribution is -2.51. The second-order valence-electron chi connectivity index (χ2n) is 8.99. The van der Waals surface area contributed by atoms with Gasteiger partial charge in [0.25, 0.3) is 0 Å². The Morgan fingerprint density at radius 3 is 2.38 bits per heavy atom. The third-order valence-electron chi connectivity index (χ3n) is 6.55. The molecule has 1 N–H and O–H groups in total. The van der Waals surface area contributed by atoms with Crippen molar-refractivity contribution in [2.24, 2.45) is 0 Å². The van der Waals surface area contributed by atoms with Crippen molar-refractivity contribution in [1.29, 1.82) is 0 Å². The Kier molecular flexibility index (Phi) is 9.80. The number of methoxy groups -OCH3 is 1. The van der Waals surface area contributed by atoms with Crippen LogP contribution in [0.3, 0.4) is 0 Å². The van der Waals surface area contributed by atoms with E-state index in [1.54, 1.807) is 12.0 Å². The summed E-state index contributed by atoms with van der Waals surface area (Å²) < 4.78 is 11.0. The largest absolute Gasteiger partial charge is 0.497 e.